The molecule has 0 unspecified atom stereocenters. The predicted octanol–water partition coefficient (Wildman–Crippen LogP) is 0.763. The quantitative estimate of drug-likeness (QED) is 0.521. The van der Waals surface area contributed by atoms with Gasteiger partial charge in [-0.05, 0) is 0 Å². The molecule has 56 valence electrons. The number of rotatable bonds is 1. The lowest BCUT2D eigenvalue weighted by molar-refractivity contribution is 0.403. The highest BCUT2D eigenvalue weighted by molar-refractivity contribution is 7.85. The summed E-state index contributed by atoms with van der Waals surface area (Å²) in [6.07, 6.45) is 5.49. The van der Waals surface area contributed by atoms with Gasteiger partial charge in [0.15, 0.2) is 0 Å². The van der Waals surface area contributed by atoms with Gasteiger partial charge < -0.3 is 0 Å². The minimum absolute atomic E-state index is 0.993. The second-order valence-electron chi connectivity index (χ2n) is 1.93. The summed E-state index contributed by atoms with van der Waals surface area (Å²) in [6.45, 7) is 0. The standard InChI is InChI=1S/C3H6.C2H6O3S/c1-2-3-1;1-5-6(2,3)4/h1-3H2;1-2H3. The molecule has 1 aliphatic rings. The van der Waals surface area contributed by atoms with Crippen molar-refractivity contribution in [2.24, 2.45) is 0 Å². The van der Waals surface area contributed by atoms with Crippen molar-refractivity contribution in [1.82, 2.24) is 0 Å². The van der Waals surface area contributed by atoms with Crippen LogP contribution in [0.25, 0.3) is 0 Å². The molecule has 4 heteroatoms. The summed E-state index contributed by atoms with van der Waals surface area (Å²) in [4.78, 5) is 0. The lowest BCUT2D eigenvalue weighted by Gasteiger charge is -1.84. The zero-order valence-electron chi connectivity index (χ0n) is 5.75. The SMILES string of the molecule is C1CC1.COS(C)(=O)=O. The summed E-state index contributed by atoms with van der Waals surface area (Å²) in [5.41, 5.74) is 0. The van der Waals surface area contributed by atoms with Gasteiger partial charge in [-0.15, -0.1) is 0 Å². The Hall–Kier alpha value is -0.0900. The third-order valence-electron chi connectivity index (χ3n) is 0.656. The van der Waals surface area contributed by atoms with Crippen molar-refractivity contribution >= 4 is 10.1 Å². The Balaban J connectivity index is 0.000000173. The molecule has 1 fully saturated rings. The van der Waals surface area contributed by atoms with Crippen molar-refractivity contribution in [3.8, 4) is 0 Å². The maximum Gasteiger partial charge on any atom is 0.264 e. The van der Waals surface area contributed by atoms with Gasteiger partial charge in [-0.1, -0.05) is 19.3 Å². The summed E-state index contributed by atoms with van der Waals surface area (Å²) < 4.78 is 23.5. The predicted molar refractivity (Wildman–Crippen MR) is 35.7 cm³/mol. The van der Waals surface area contributed by atoms with E-state index in [4.69, 9.17) is 0 Å². The van der Waals surface area contributed by atoms with Gasteiger partial charge in [0.2, 0.25) is 0 Å². The minimum Gasteiger partial charge on any atom is -0.274 e. The van der Waals surface area contributed by atoms with E-state index in [0.717, 1.165) is 13.4 Å². The monoisotopic (exact) mass is 152 g/mol. The second-order valence-corrected chi connectivity index (χ2v) is 3.67. The molecule has 1 rings (SSSR count). The van der Waals surface area contributed by atoms with Crippen molar-refractivity contribution in [2.45, 2.75) is 19.3 Å². The molecule has 0 atom stereocenters. The van der Waals surface area contributed by atoms with Gasteiger partial charge in [-0.25, -0.2) is 0 Å². The normalized spacial score (nSPS) is 15.8. The molecule has 0 aromatic heterocycles. The maximum absolute atomic E-state index is 9.78. The summed E-state index contributed by atoms with van der Waals surface area (Å²) in [5.74, 6) is 0. The van der Waals surface area contributed by atoms with E-state index in [9.17, 15) is 8.42 Å². The zero-order chi connectivity index (χ0) is 7.33. The molecule has 0 saturated heterocycles. The van der Waals surface area contributed by atoms with E-state index in [1.54, 1.807) is 0 Å². The summed E-state index contributed by atoms with van der Waals surface area (Å²) in [6, 6.07) is 0. The highest BCUT2D eigenvalue weighted by atomic mass is 32.2. The van der Waals surface area contributed by atoms with Crippen LogP contribution < -0.4 is 0 Å². The molecule has 0 bridgehead atoms. The fourth-order valence-corrected chi connectivity index (χ4v) is 0. The molecular formula is C5H12O3S. The third-order valence-corrected chi connectivity index (χ3v) is 1.26. The van der Waals surface area contributed by atoms with Crippen LogP contribution in [0.2, 0.25) is 0 Å². The van der Waals surface area contributed by atoms with Crippen molar-refractivity contribution in [3.63, 3.8) is 0 Å². The van der Waals surface area contributed by atoms with Crippen molar-refractivity contribution in [3.05, 3.63) is 0 Å². The third kappa shape index (κ3) is 18.1. The van der Waals surface area contributed by atoms with Crippen molar-refractivity contribution in [2.75, 3.05) is 13.4 Å². The van der Waals surface area contributed by atoms with Gasteiger partial charge in [0, 0.05) is 0 Å². The Labute approximate surface area is 56.1 Å². The van der Waals surface area contributed by atoms with Gasteiger partial charge in [0.1, 0.15) is 0 Å². The van der Waals surface area contributed by atoms with Gasteiger partial charge >= 0.3 is 0 Å². The molecule has 0 aliphatic heterocycles. The molecule has 0 radical (unpaired) electrons. The van der Waals surface area contributed by atoms with Crippen LogP contribution in [-0.2, 0) is 14.3 Å². The topological polar surface area (TPSA) is 43.4 Å². The lowest BCUT2D eigenvalue weighted by atomic mass is 11.0. The second kappa shape index (κ2) is 3.85. The maximum atomic E-state index is 9.78. The van der Waals surface area contributed by atoms with E-state index in [1.807, 2.05) is 0 Å². The molecule has 0 N–H and O–H groups in total. The fraction of sp³-hybridized carbons (Fsp3) is 1.00. The molecule has 0 heterocycles. The molecule has 0 spiro atoms. The van der Waals surface area contributed by atoms with Crippen LogP contribution >= 0.6 is 0 Å². The first kappa shape index (κ1) is 8.91. The molecule has 0 aromatic rings. The smallest absolute Gasteiger partial charge is 0.264 e. The lowest BCUT2D eigenvalue weighted by Crippen LogP contribution is -1.95. The Morgan fingerprint density at radius 2 is 1.44 bits per heavy atom. The van der Waals surface area contributed by atoms with Crippen LogP contribution in [0.5, 0.6) is 0 Å². The first-order chi connectivity index (χ1) is 4.06. The van der Waals surface area contributed by atoms with Crippen molar-refractivity contribution in [1.29, 1.82) is 0 Å². The van der Waals surface area contributed by atoms with Crippen LogP contribution in [0.1, 0.15) is 19.3 Å². The molecular weight excluding hydrogens is 140 g/mol. The summed E-state index contributed by atoms with van der Waals surface area (Å²) in [7, 11) is -2.04. The number of hydrogen-bond donors (Lipinski definition) is 0. The minimum atomic E-state index is -3.16. The summed E-state index contributed by atoms with van der Waals surface area (Å²) in [5, 5.41) is 0. The molecule has 3 nitrogen and oxygen atoms in total. The largest absolute Gasteiger partial charge is 0.274 e. The fourth-order valence-electron chi connectivity index (χ4n) is 0. The number of hydrogen-bond acceptors (Lipinski definition) is 3. The van der Waals surface area contributed by atoms with Gasteiger partial charge in [-0.2, -0.15) is 8.42 Å². The van der Waals surface area contributed by atoms with E-state index in [2.05, 4.69) is 4.18 Å². The van der Waals surface area contributed by atoms with E-state index >= 15 is 0 Å². The molecule has 1 aliphatic carbocycles. The molecule has 9 heavy (non-hydrogen) atoms. The van der Waals surface area contributed by atoms with Crippen LogP contribution in [0.3, 0.4) is 0 Å². The Bertz CT molecular complexity index is 143. The van der Waals surface area contributed by atoms with Gasteiger partial charge in [0.05, 0.1) is 13.4 Å². The van der Waals surface area contributed by atoms with Crippen LogP contribution in [0.15, 0.2) is 0 Å². The van der Waals surface area contributed by atoms with Gasteiger partial charge in [0.25, 0.3) is 10.1 Å². The average Bonchev–Trinajstić information content (AvgIpc) is 2.45. The average molecular weight is 152 g/mol. The van der Waals surface area contributed by atoms with Crippen LogP contribution in [0, 0.1) is 0 Å². The van der Waals surface area contributed by atoms with Crippen LogP contribution in [-0.4, -0.2) is 21.8 Å². The molecule has 0 amide bonds. The highest BCUT2D eigenvalue weighted by Crippen LogP contribution is 2.14. The van der Waals surface area contributed by atoms with E-state index in [0.29, 0.717) is 0 Å². The Kier molecular flexibility index (Phi) is 3.81. The van der Waals surface area contributed by atoms with E-state index < -0.39 is 10.1 Å². The van der Waals surface area contributed by atoms with Gasteiger partial charge in [-0.3, -0.25) is 4.18 Å². The first-order valence-corrected chi connectivity index (χ1v) is 4.63. The molecule has 0 aromatic carbocycles. The Morgan fingerprint density at radius 1 is 1.22 bits per heavy atom. The highest BCUT2D eigenvalue weighted by Gasteiger charge is 1.95. The first-order valence-electron chi connectivity index (χ1n) is 2.82. The van der Waals surface area contributed by atoms with Crippen molar-refractivity contribution < 1.29 is 12.6 Å². The Morgan fingerprint density at radius 3 is 1.44 bits per heavy atom. The van der Waals surface area contributed by atoms with E-state index in [-0.39, 0.29) is 0 Å². The zero-order valence-corrected chi connectivity index (χ0v) is 6.57. The molecule has 1 saturated carbocycles. The van der Waals surface area contributed by atoms with E-state index in [1.165, 1.54) is 19.3 Å². The summed E-state index contributed by atoms with van der Waals surface area (Å²) >= 11 is 0. The van der Waals surface area contributed by atoms with Crippen LogP contribution in [0.4, 0.5) is 0 Å².